The molecule has 0 amide bonds. The molecule has 1 aromatic carbocycles. The van der Waals surface area contributed by atoms with Crippen LogP contribution in [-0.4, -0.2) is 44.8 Å². The fourth-order valence-electron chi connectivity index (χ4n) is 3.73. The summed E-state index contributed by atoms with van der Waals surface area (Å²) in [4.78, 5) is 25.0. The van der Waals surface area contributed by atoms with E-state index in [-0.39, 0.29) is 6.10 Å². The van der Waals surface area contributed by atoms with Crippen LogP contribution in [0.15, 0.2) is 64.7 Å². The van der Waals surface area contributed by atoms with Gasteiger partial charge in [0.05, 0.1) is 5.56 Å². The Morgan fingerprint density at radius 3 is 2.58 bits per heavy atom. The van der Waals surface area contributed by atoms with Crippen molar-refractivity contribution in [1.29, 1.82) is 0 Å². The molecule has 0 spiro atoms. The summed E-state index contributed by atoms with van der Waals surface area (Å²) in [6.45, 7) is 5.34. The number of benzene rings is 1. The Kier molecular flexibility index (Phi) is 5.84. The normalized spacial score (nSPS) is 15.1. The van der Waals surface area contributed by atoms with Crippen molar-refractivity contribution >= 4 is 22.6 Å². The molecule has 3 aromatic heterocycles. The summed E-state index contributed by atoms with van der Waals surface area (Å²) in [5.41, 5.74) is 2.12. The molecule has 4 aromatic rings. The molecule has 1 aliphatic rings. The van der Waals surface area contributed by atoms with Gasteiger partial charge in [0.25, 0.3) is 5.88 Å². The second-order valence-corrected chi connectivity index (χ2v) is 7.88. The predicted molar refractivity (Wildman–Crippen MR) is 124 cm³/mol. The van der Waals surface area contributed by atoms with Crippen LogP contribution >= 0.6 is 0 Å². The van der Waals surface area contributed by atoms with Crippen molar-refractivity contribution in [2.24, 2.45) is 5.16 Å². The lowest BCUT2D eigenvalue weighted by Gasteiger charge is -2.32. The van der Waals surface area contributed by atoms with Crippen molar-refractivity contribution in [2.75, 3.05) is 18.0 Å². The van der Waals surface area contributed by atoms with E-state index in [0.717, 1.165) is 42.8 Å². The molecule has 9 nitrogen and oxygen atoms in total. The zero-order valence-electron chi connectivity index (χ0n) is 18.5. The van der Waals surface area contributed by atoms with E-state index in [1.54, 1.807) is 12.4 Å². The maximum absolute atomic E-state index is 6.18. The fraction of sp³-hybridized carbons (Fsp3) is 0.292. The lowest BCUT2D eigenvalue weighted by atomic mass is 10.1. The molecule has 4 heterocycles. The molecule has 1 fully saturated rings. The van der Waals surface area contributed by atoms with E-state index in [1.807, 2.05) is 50.2 Å². The van der Waals surface area contributed by atoms with Gasteiger partial charge in [-0.15, -0.1) is 0 Å². The van der Waals surface area contributed by atoms with Crippen LogP contribution in [0.1, 0.15) is 31.1 Å². The molecule has 1 aliphatic heterocycles. The van der Waals surface area contributed by atoms with Crippen molar-refractivity contribution < 1.29 is 14.0 Å². The molecular formula is C24H24N6O3. The maximum atomic E-state index is 6.18. The van der Waals surface area contributed by atoms with E-state index in [1.165, 1.54) is 6.33 Å². The van der Waals surface area contributed by atoms with Gasteiger partial charge in [-0.1, -0.05) is 23.4 Å². The Morgan fingerprint density at radius 2 is 1.79 bits per heavy atom. The van der Waals surface area contributed by atoms with Gasteiger partial charge in [0, 0.05) is 43.7 Å². The number of para-hydroxylation sites is 1. The number of nitrogens with zero attached hydrogens (tertiary/aromatic N) is 6. The Morgan fingerprint density at radius 1 is 1.03 bits per heavy atom. The van der Waals surface area contributed by atoms with Gasteiger partial charge in [0.2, 0.25) is 11.8 Å². The van der Waals surface area contributed by atoms with Crippen molar-refractivity contribution in [3.63, 3.8) is 0 Å². The SMILES string of the molecule is CC(=NOc1ncnc(OC2CCN(c3ncccn3)CC2)c1C)c1cc2ccccc2o1. The Bertz CT molecular complexity index is 1230. The van der Waals surface area contributed by atoms with Gasteiger partial charge in [-0.2, -0.15) is 4.98 Å². The number of furan rings is 1. The van der Waals surface area contributed by atoms with Crippen molar-refractivity contribution in [2.45, 2.75) is 32.8 Å². The highest BCUT2D eigenvalue weighted by Crippen LogP contribution is 2.27. The molecule has 0 saturated carbocycles. The number of oxime groups is 1. The Hall–Kier alpha value is -4.01. The van der Waals surface area contributed by atoms with E-state index in [4.69, 9.17) is 14.0 Å². The van der Waals surface area contributed by atoms with Gasteiger partial charge in [-0.05, 0) is 32.0 Å². The van der Waals surface area contributed by atoms with Crippen LogP contribution in [0, 0.1) is 6.92 Å². The highest BCUT2D eigenvalue weighted by atomic mass is 16.6. The van der Waals surface area contributed by atoms with Crippen LogP contribution in [0.4, 0.5) is 5.95 Å². The zero-order valence-corrected chi connectivity index (χ0v) is 18.5. The summed E-state index contributed by atoms with van der Waals surface area (Å²) in [7, 11) is 0. The first-order chi connectivity index (χ1) is 16.2. The second-order valence-electron chi connectivity index (χ2n) is 7.88. The minimum absolute atomic E-state index is 0.0483. The molecule has 1 saturated heterocycles. The Labute approximate surface area is 191 Å². The van der Waals surface area contributed by atoms with Gasteiger partial charge >= 0.3 is 0 Å². The molecule has 33 heavy (non-hydrogen) atoms. The van der Waals surface area contributed by atoms with Gasteiger partial charge in [0.1, 0.15) is 23.7 Å². The van der Waals surface area contributed by atoms with Crippen LogP contribution in [0.5, 0.6) is 11.8 Å². The van der Waals surface area contributed by atoms with Crippen molar-refractivity contribution in [1.82, 2.24) is 19.9 Å². The molecule has 5 rings (SSSR count). The number of hydrogen-bond donors (Lipinski definition) is 0. The Balaban J connectivity index is 1.23. The fourth-order valence-corrected chi connectivity index (χ4v) is 3.73. The number of anilines is 1. The number of aromatic nitrogens is 4. The summed E-state index contributed by atoms with van der Waals surface area (Å²) >= 11 is 0. The van der Waals surface area contributed by atoms with Crippen LogP contribution < -0.4 is 14.5 Å². The standard InChI is InChI=1S/C24H24N6O3/c1-16-22(31-19-8-12-30(13-9-19)24-25-10-5-11-26-24)27-15-28-23(16)33-29-17(2)21-14-18-6-3-4-7-20(18)32-21/h3-7,10-11,14-15,19H,8-9,12-13H2,1-2H3. The average molecular weight is 444 g/mol. The lowest BCUT2D eigenvalue weighted by Crippen LogP contribution is -2.39. The molecule has 0 N–H and O–H groups in total. The van der Waals surface area contributed by atoms with Gasteiger partial charge in [0.15, 0.2) is 5.76 Å². The summed E-state index contributed by atoms with van der Waals surface area (Å²) in [5, 5.41) is 5.22. The van der Waals surface area contributed by atoms with E-state index in [0.29, 0.717) is 28.8 Å². The maximum Gasteiger partial charge on any atom is 0.258 e. The van der Waals surface area contributed by atoms with Crippen LogP contribution in [0.25, 0.3) is 11.0 Å². The molecule has 168 valence electrons. The minimum atomic E-state index is 0.0483. The predicted octanol–water partition coefficient (Wildman–Crippen LogP) is 4.17. The molecular weight excluding hydrogens is 420 g/mol. The average Bonchev–Trinajstić information content (AvgIpc) is 3.30. The molecule has 0 bridgehead atoms. The quantitative estimate of drug-likeness (QED) is 0.323. The minimum Gasteiger partial charge on any atom is -0.474 e. The lowest BCUT2D eigenvalue weighted by molar-refractivity contribution is 0.160. The summed E-state index contributed by atoms with van der Waals surface area (Å²) in [6.07, 6.45) is 6.69. The third kappa shape index (κ3) is 4.62. The molecule has 0 atom stereocenters. The number of ether oxygens (including phenoxy) is 1. The summed E-state index contributed by atoms with van der Waals surface area (Å²) in [6, 6.07) is 11.6. The number of hydrogen-bond acceptors (Lipinski definition) is 9. The smallest absolute Gasteiger partial charge is 0.258 e. The molecule has 9 heteroatoms. The number of fused-ring (bicyclic) bond motifs is 1. The summed E-state index contributed by atoms with van der Waals surface area (Å²) in [5.74, 6) is 2.26. The van der Waals surface area contributed by atoms with E-state index in [9.17, 15) is 0 Å². The van der Waals surface area contributed by atoms with Crippen molar-refractivity contribution in [3.05, 3.63) is 66.4 Å². The number of piperidine rings is 1. The van der Waals surface area contributed by atoms with Gasteiger partial charge < -0.3 is 18.9 Å². The highest BCUT2D eigenvalue weighted by molar-refractivity contribution is 5.99. The number of rotatable bonds is 6. The summed E-state index contributed by atoms with van der Waals surface area (Å²) < 4.78 is 12.0. The molecule has 0 unspecified atom stereocenters. The second kappa shape index (κ2) is 9.23. The highest BCUT2D eigenvalue weighted by Gasteiger charge is 2.23. The van der Waals surface area contributed by atoms with E-state index in [2.05, 4.69) is 30.0 Å². The van der Waals surface area contributed by atoms with Crippen LogP contribution in [0.3, 0.4) is 0 Å². The topological polar surface area (TPSA) is 98.8 Å². The molecule has 0 radical (unpaired) electrons. The third-order valence-corrected chi connectivity index (χ3v) is 5.60. The third-order valence-electron chi connectivity index (χ3n) is 5.60. The largest absolute Gasteiger partial charge is 0.474 e. The van der Waals surface area contributed by atoms with Gasteiger partial charge in [-0.25, -0.2) is 15.0 Å². The van der Waals surface area contributed by atoms with Crippen LogP contribution in [0.2, 0.25) is 0 Å². The van der Waals surface area contributed by atoms with Crippen LogP contribution in [-0.2, 0) is 0 Å². The first-order valence-electron chi connectivity index (χ1n) is 10.9. The van der Waals surface area contributed by atoms with E-state index >= 15 is 0 Å². The zero-order chi connectivity index (χ0) is 22.6. The molecule has 0 aliphatic carbocycles. The van der Waals surface area contributed by atoms with Gasteiger partial charge in [-0.3, -0.25) is 0 Å². The van der Waals surface area contributed by atoms with Crippen molar-refractivity contribution in [3.8, 4) is 11.8 Å². The monoisotopic (exact) mass is 444 g/mol. The van der Waals surface area contributed by atoms with E-state index < -0.39 is 0 Å². The first kappa shape index (κ1) is 20.9. The first-order valence-corrected chi connectivity index (χ1v) is 10.9.